The first-order valence-electron chi connectivity index (χ1n) is 6.69. The van der Waals surface area contributed by atoms with E-state index in [2.05, 4.69) is 10.1 Å². The van der Waals surface area contributed by atoms with E-state index in [4.69, 9.17) is 12.2 Å². The lowest BCUT2D eigenvalue weighted by Crippen LogP contribution is -2.24. The summed E-state index contributed by atoms with van der Waals surface area (Å²) < 4.78 is 4.09. The van der Waals surface area contributed by atoms with Crippen LogP contribution in [0.1, 0.15) is 6.92 Å². The Balaban J connectivity index is 2.39. The summed E-state index contributed by atoms with van der Waals surface area (Å²) in [5.74, 6) is 0. The zero-order valence-electron chi connectivity index (χ0n) is 11.5. The van der Waals surface area contributed by atoms with Crippen LogP contribution in [-0.4, -0.2) is 19.2 Å². The Hall–Kier alpha value is -2.32. The molecule has 8 heteroatoms. The standard InChI is InChI=1S/C14H10N4O2S2/c1-2-17-11-9(22-14(17)21)13(20)18-10(15-11)7-5-3-4-6-8(7)12(19)16-18/h3-6H,2H2,1H3,(H,16,19). The molecule has 6 nitrogen and oxygen atoms in total. The highest BCUT2D eigenvalue weighted by molar-refractivity contribution is 7.73. The van der Waals surface area contributed by atoms with Crippen LogP contribution in [0.25, 0.3) is 26.8 Å². The van der Waals surface area contributed by atoms with Gasteiger partial charge in [0.05, 0.1) is 5.39 Å². The van der Waals surface area contributed by atoms with Gasteiger partial charge < -0.3 is 4.57 Å². The smallest absolute Gasteiger partial charge is 0.292 e. The van der Waals surface area contributed by atoms with E-state index in [1.807, 2.05) is 17.6 Å². The average molecular weight is 330 g/mol. The molecular weight excluding hydrogens is 320 g/mol. The lowest BCUT2D eigenvalue weighted by atomic mass is 10.2. The van der Waals surface area contributed by atoms with Crippen molar-refractivity contribution < 1.29 is 0 Å². The maximum absolute atomic E-state index is 12.7. The zero-order chi connectivity index (χ0) is 15.4. The summed E-state index contributed by atoms with van der Waals surface area (Å²) in [5, 5.41) is 3.74. The maximum Gasteiger partial charge on any atom is 0.292 e. The van der Waals surface area contributed by atoms with Gasteiger partial charge >= 0.3 is 0 Å². The normalized spacial score (nSPS) is 11.7. The first-order chi connectivity index (χ1) is 10.6. The van der Waals surface area contributed by atoms with Gasteiger partial charge in [-0.3, -0.25) is 14.7 Å². The van der Waals surface area contributed by atoms with E-state index in [1.54, 1.807) is 18.2 Å². The highest BCUT2D eigenvalue weighted by atomic mass is 32.1. The Bertz CT molecular complexity index is 1230. The molecule has 0 saturated heterocycles. The zero-order valence-corrected chi connectivity index (χ0v) is 13.1. The highest BCUT2D eigenvalue weighted by Crippen LogP contribution is 2.21. The number of thiazole rings is 1. The molecule has 110 valence electrons. The van der Waals surface area contributed by atoms with Crippen molar-refractivity contribution in [3.63, 3.8) is 0 Å². The SMILES string of the molecule is CCn1c(=S)sc2c(=O)n3[nH]c(=O)c4ccccc4c3nc21. The van der Waals surface area contributed by atoms with Gasteiger partial charge in [-0.2, -0.15) is 4.52 Å². The monoisotopic (exact) mass is 330 g/mol. The van der Waals surface area contributed by atoms with Gasteiger partial charge in [-0.15, -0.1) is 0 Å². The molecular formula is C14H10N4O2S2. The molecule has 3 heterocycles. The number of H-pyrrole nitrogens is 1. The third-order valence-corrected chi connectivity index (χ3v) is 5.06. The Morgan fingerprint density at radius 3 is 2.68 bits per heavy atom. The molecule has 1 aromatic carbocycles. The molecule has 0 fully saturated rings. The van der Waals surface area contributed by atoms with Crippen LogP contribution in [0.4, 0.5) is 0 Å². The number of rotatable bonds is 1. The third kappa shape index (κ3) is 1.65. The molecule has 0 aliphatic rings. The van der Waals surface area contributed by atoms with Gasteiger partial charge in [0.15, 0.2) is 15.2 Å². The van der Waals surface area contributed by atoms with Gasteiger partial charge in [0.25, 0.3) is 11.1 Å². The van der Waals surface area contributed by atoms with E-state index < -0.39 is 0 Å². The number of hydrogen-bond acceptors (Lipinski definition) is 5. The maximum atomic E-state index is 12.7. The number of benzene rings is 1. The van der Waals surface area contributed by atoms with Crippen LogP contribution in [0.2, 0.25) is 0 Å². The minimum atomic E-state index is -0.315. The fraction of sp³-hybridized carbons (Fsp3) is 0.143. The van der Waals surface area contributed by atoms with E-state index in [9.17, 15) is 9.59 Å². The molecule has 0 amide bonds. The first kappa shape index (κ1) is 13.4. The fourth-order valence-corrected chi connectivity index (χ4v) is 3.99. The van der Waals surface area contributed by atoms with Crippen molar-refractivity contribution in [1.82, 2.24) is 19.2 Å². The summed E-state index contributed by atoms with van der Waals surface area (Å²) in [7, 11) is 0. The second-order valence-electron chi connectivity index (χ2n) is 4.83. The van der Waals surface area contributed by atoms with Crippen molar-refractivity contribution in [3.05, 3.63) is 48.9 Å². The molecule has 22 heavy (non-hydrogen) atoms. The second-order valence-corrected chi connectivity index (χ2v) is 6.47. The van der Waals surface area contributed by atoms with Crippen LogP contribution in [0.15, 0.2) is 33.9 Å². The third-order valence-electron chi connectivity index (χ3n) is 3.63. The van der Waals surface area contributed by atoms with Crippen LogP contribution in [0, 0.1) is 3.95 Å². The molecule has 0 aliphatic carbocycles. The molecule has 3 aromatic heterocycles. The predicted octanol–water partition coefficient (Wildman–Crippen LogP) is 2.30. The van der Waals surface area contributed by atoms with Gasteiger partial charge in [0, 0.05) is 11.9 Å². The summed E-state index contributed by atoms with van der Waals surface area (Å²) in [6, 6.07) is 7.10. The van der Waals surface area contributed by atoms with Gasteiger partial charge in [0.1, 0.15) is 4.70 Å². The van der Waals surface area contributed by atoms with Crippen LogP contribution >= 0.6 is 23.6 Å². The number of fused-ring (bicyclic) bond motifs is 4. The molecule has 0 saturated carbocycles. The highest BCUT2D eigenvalue weighted by Gasteiger charge is 2.15. The number of hydrogen-bond donors (Lipinski definition) is 1. The van der Waals surface area contributed by atoms with Crippen molar-refractivity contribution in [1.29, 1.82) is 0 Å². The topological polar surface area (TPSA) is 72.2 Å². The Morgan fingerprint density at radius 1 is 1.23 bits per heavy atom. The van der Waals surface area contributed by atoms with E-state index in [0.717, 1.165) is 0 Å². The van der Waals surface area contributed by atoms with E-state index in [1.165, 1.54) is 15.9 Å². The summed E-state index contributed by atoms with van der Waals surface area (Å²) in [5.41, 5.74) is 0.387. The molecule has 0 bridgehead atoms. The molecule has 0 atom stereocenters. The van der Waals surface area contributed by atoms with Crippen LogP contribution in [0.5, 0.6) is 0 Å². The molecule has 0 spiro atoms. The van der Waals surface area contributed by atoms with Crippen LogP contribution < -0.4 is 11.1 Å². The Morgan fingerprint density at radius 2 is 1.95 bits per heavy atom. The summed E-state index contributed by atoms with van der Waals surface area (Å²) in [4.78, 5) is 29.4. The second kappa shape index (κ2) is 4.59. The van der Waals surface area contributed by atoms with E-state index in [-0.39, 0.29) is 11.1 Å². The summed E-state index contributed by atoms with van der Waals surface area (Å²) in [6.45, 7) is 2.60. The number of aryl methyl sites for hydroxylation is 1. The van der Waals surface area contributed by atoms with E-state index >= 15 is 0 Å². The number of nitrogens with one attached hydrogen (secondary N) is 1. The van der Waals surface area contributed by atoms with Crippen LogP contribution in [0.3, 0.4) is 0 Å². The Labute approximate surface area is 132 Å². The molecule has 4 rings (SSSR count). The van der Waals surface area contributed by atoms with E-state index in [0.29, 0.717) is 37.3 Å². The number of nitrogens with zero attached hydrogens (tertiary/aromatic N) is 3. The average Bonchev–Trinajstić information content (AvgIpc) is 2.85. The largest absolute Gasteiger partial charge is 0.308 e. The Kier molecular flexibility index (Phi) is 2.78. The van der Waals surface area contributed by atoms with Crippen molar-refractivity contribution in [3.8, 4) is 0 Å². The van der Waals surface area contributed by atoms with Crippen molar-refractivity contribution in [2.24, 2.45) is 0 Å². The lowest BCUT2D eigenvalue weighted by molar-refractivity contribution is 0.778. The number of aromatic nitrogens is 4. The molecule has 0 unspecified atom stereocenters. The fourth-order valence-electron chi connectivity index (χ4n) is 2.60. The summed E-state index contributed by atoms with van der Waals surface area (Å²) >= 11 is 6.51. The molecule has 0 radical (unpaired) electrons. The predicted molar refractivity (Wildman–Crippen MR) is 89.5 cm³/mol. The van der Waals surface area contributed by atoms with Gasteiger partial charge in [-0.05, 0) is 25.2 Å². The molecule has 0 aliphatic heterocycles. The summed E-state index contributed by atoms with van der Waals surface area (Å²) in [6.07, 6.45) is 0. The molecule has 1 N–H and O–H groups in total. The van der Waals surface area contributed by atoms with Gasteiger partial charge in [0.2, 0.25) is 0 Å². The number of aromatic amines is 1. The van der Waals surface area contributed by atoms with Crippen LogP contribution in [-0.2, 0) is 6.54 Å². The first-order valence-corrected chi connectivity index (χ1v) is 7.91. The van der Waals surface area contributed by atoms with Crippen molar-refractivity contribution in [2.45, 2.75) is 13.5 Å². The lowest BCUT2D eigenvalue weighted by Gasteiger charge is -2.05. The van der Waals surface area contributed by atoms with Gasteiger partial charge in [-0.25, -0.2) is 4.98 Å². The minimum absolute atomic E-state index is 0.300. The quantitative estimate of drug-likeness (QED) is 0.429. The van der Waals surface area contributed by atoms with Crippen molar-refractivity contribution >= 4 is 50.3 Å². The molecule has 4 aromatic rings. The van der Waals surface area contributed by atoms with Gasteiger partial charge in [-0.1, -0.05) is 29.5 Å². The van der Waals surface area contributed by atoms with Crippen molar-refractivity contribution in [2.75, 3.05) is 0 Å². The minimum Gasteiger partial charge on any atom is -0.308 e.